The zero-order valence-electron chi connectivity index (χ0n) is 19.2. The Morgan fingerprint density at radius 1 is 1.39 bits per heavy atom. The van der Waals surface area contributed by atoms with Gasteiger partial charge in [-0.15, -0.1) is 11.8 Å². The van der Waals surface area contributed by atoms with E-state index in [-0.39, 0.29) is 47.0 Å². The van der Waals surface area contributed by atoms with Gasteiger partial charge in [-0.3, -0.25) is 14.4 Å². The van der Waals surface area contributed by atoms with E-state index in [1.54, 1.807) is 23.6 Å². The Hall–Kier alpha value is -0.800. The summed E-state index contributed by atoms with van der Waals surface area (Å²) in [7, 11) is 0. The summed E-state index contributed by atoms with van der Waals surface area (Å²) in [4.78, 5) is 42.1. The first-order valence-corrected chi connectivity index (χ1v) is 13.0. The number of hydrogen-bond donors (Lipinski definition) is 2. The van der Waals surface area contributed by atoms with Gasteiger partial charge in [-0.1, -0.05) is 36.2 Å². The molecule has 3 saturated heterocycles. The number of carbonyl (C=O) groups is 3. The molecule has 0 aromatic heterocycles. The minimum absolute atomic E-state index is 0.0111. The molecule has 2 bridgehead atoms. The standard InChI is InChI=1S/C22H35BrN2O5S/c1-7-11(3)13(10-26)25-17(18(27)24-21(4,5)6)22-9-12(23)16(31-22)14(15(22)19(25)28)20(29)30-8-2/h11-17,26H,7-10H2,1-6H3,(H,24,27)/t11-,12?,13-,14+,15-,16+,17?,22?/m0/s1. The van der Waals surface area contributed by atoms with Crippen molar-refractivity contribution in [3.05, 3.63) is 0 Å². The molecule has 8 atom stereocenters. The maximum Gasteiger partial charge on any atom is 0.310 e. The third kappa shape index (κ3) is 4.03. The Kier molecular flexibility index (Phi) is 7.10. The zero-order valence-corrected chi connectivity index (χ0v) is 21.6. The molecule has 0 aromatic carbocycles. The first-order valence-electron chi connectivity index (χ1n) is 11.2. The number of hydrogen-bond acceptors (Lipinski definition) is 6. The predicted octanol–water partition coefficient (Wildman–Crippen LogP) is 2.34. The smallest absolute Gasteiger partial charge is 0.310 e. The number of amides is 2. The number of thioether (sulfide) groups is 1. The van der Waals surface area contributed by atoms with Crippen molar-refractivity contribution in [3.63, 3.8) is 0 Å². The van der Waals surface area contributed by atoms with Crippen LogP contribution in [0.2, 0.25) is 0 Å². The fraction of sp³-hybridized carbons (Fsp3) is 0.864. The van der Waals surface area contributed by atoms with E-state index < -0.39 is 34.2 Å². The fourth-order valence-corrected chi connectivity index (χ4v) is 9.07. The van der Waals surface area contributed by atoms with Gasteiger partial charge in [0, 0.05) is 15.6 Å². The second-order valence-electron chi connectivity index (χ2n) is 10.0. The minimum Gasteiger partial charge on any atom is -0.466 e. The van der Waals surface area contributed by atoms with E-state index in [1.165, 1.54) is 0 Å². The molecule has 3 aliphatic heterocycles. The number of aliphatic hydroxyl groups is 1. The second kappa shape index (κ2) is 8.86. The number of nitrogens with one attached hydrogen (secondary N) is 1. The second-order valence-corrected chi connectivity index (χ2v) is 12.8. The summed E-state index contributed by atoms with van der Waals surface area (Å²) in [5.74, 6) is -2.00. The number of fused-ring (bicyclic) bond motifs is 1. The summed E-state index contributed by atoms with van der Waals surface area (Å²) in [6, 6.07) is -1.23. The number of halogens is 1. The van der Waals surface area contributed by atoms with Crippen molar-refractivity contribution in [1.29, 1.82) is 0 Å². The Balaban J connectivity index is 2.11. The molecule has 0 aromatic rings. The van der Waals surface area contributed by atoms with Gasteiger partial charge in [0.2, 0.25) is 11.8 Å². The molecule has 2 N–H and O–H groups in total. The number of esters is 1. The van der Waals surface area contributed by atoms with E-state index in [0.29, 0.717) is 6.42 Å². The van der Waals surface area contributed by atoms with Gasteiger partial charge in [-0.25, -0.2) is 0 Å². The lowest BCUT2D eigenvalue weighted by atomic mass is 9.71. The summed E-state index contributed by atoms with van der Waals surface area (Å²) in [6.07, 6.45) is 1.38. The van der Waals surface area contributed by atoms with Crippen LogP contribution < -0.4 is 5.32 Å². The first kappa shape index (κ1) is 24.8. The zero-order chi connectivity index (χ0) is 23.3. The summed E-state index contributed by atoms with van der Waals surface area (Å²) in [5.41, 5.74) is -0.471. The fourth-order valence-electron chi connectivity index (χ4n) is 5.48. The Labute approximate surface area is 197 Å². The van der Waals surface area contributed by atoms with Gasteiger partial charge in [0.05, 0.1) is 35.8 Å². The van der Waals surface area contributed by atoms with Gasteiger partial charge in [0.25, 0.3) is 0 Å². The maximum absolute atomic E-state index is 13.9. The van der Waals surface area contributed by atoms with Gasteiger partial charge >= 0.3 is 5.97 Å². The predicted molar refractivity (Wildman–Crippen MR) is 124 cm³/mol. The number of rotatable bonds is 7. The summed E-state index contributed by atoms with van der Waals surface area (Å²) < 4.78 is 4.63. The molecule has 7 nitrogen and oxygen atoms in total. The Bertz CT molecular complexity index is 744. The average molecular weight is 520 g/mol. The van der Waals surface area contributed by atoms with Crippen LogP contribution in [-0.4, -0.2) is 73.5 Å². The van der Waals surface area contributed by atoms with Crippen LogP contribution >= 0.6 is 27.7 Å². The van der Waals surface area contributed by atoms with E-state index in [0.717, 1.165) is 6.42 Å². The van der Waals surface area contributed by atoms with Crippen molar-refractivity contribution in [2.75, 3.05) is 13.2 Å². The number of aliphatic hydroxyl groups excluding tert-OH is 1. The van der Waals surface area contributed by atoms with Gasteiger partial charge in [-0.05, 0) is 40.0 Å². The highest BCUT2D eigenvalue weighted by Crippen LogP contribution is 2.68. The third-order valence-corrected chi connectivity index (χ3v) is 10.1. The number of likely N-dealkylation sites (tertiary alicyclic amines) is 1. The number of carbonyl (C=O) groups excluding carboxylic acids is 3. The highest BCUT2D eigenvalue weighted by Gasteiger charge is 2.76. The van der Waals surface area contributed by atoms with Crippen molar-refractivity contribution in [2.24, 2.45) is 17.8 Å². The van der Waals surface area contributed by atoms with Crippen LogP contribution in [0.15, 0.2) is 0 Å². The Morgan fingerprint density at radius 3 is 2.55 bits per heavy atom. The lowest BCUT2D eigenvalue weighted by molar-refractivity contribution is -0.154. The number of alkyl halides is 1. The van der Waals surface area contributed by atoms with Crippen molar-refractivity contribution in [1.82, 2.24) is 10.2 Å². The molecule has 31 heavy (non-hydrogen) atoms. The summed E-state index contributed by atoms with van der Waals surface area (Å²) in [5, 5.41) is 13.2. The first-order chi connectivity index (χ1) is 14.4. The third-order valence-electron chi connectivity index (χ3n) is 6.88. The molecular weight excluding hydrogens is 484 g/mol. The van der Waals surface area contributed by atoms with E-state index in [9.17, 15) is 19.5 Å². The highest BCUT2D eigenvalue weighted by molar-refractivity contribution is 9.09. The van der Waals surface area contributed by atoms with Gasteiger partial charge in [0.15, 0.2) is 0 Å². The molecule has 3 aliphatic rings. The van der Waals surface area contributed by atoms with Crippen molar-refractivity contribution in [3.8, 4) is 0 Å². The molecule has 0 aliphatic carbocycles. The molecule has 3 rings (SSSR count). The van der Waals surface area contributed by atoms with Crippen LogP contribution in [0.5, 0.6) is 0 Å². The normalized spacial score (nSPS) is 36.3. The van der Waals surface area contributed by atoms with Crippen LogP contribution in [0.1, 0.15) is 54.4 Å². The quantitative estimate of drug-likeness (QED) is 0.396. The maximum atomic E-state index is 13.9. The molecular formula is C22H35BrN2O5S. The Morgan fingerprint density at radius 2 is 2.03 bits per heavy atom. The minimum atomic E-state index is -0.746. The van der Waals surface area contributed by atoms with E-state index >= 15 is 0 Å². The summed E-state index contributed by atoms with van der Waals surface area (Å²) in [6.45, 7) is 11.5. The molecule has 3 unspecified atom stereocenters. The van der Waals surface area contributed by atoms with Crippen LogP contribution in [0.25, 0.3) is 0 Å². The molecule has 0 saturated carbocycles. The topological polar surface area (TPSA) is 95.9 Å². The SMILES string of the molecule is CCOC(=O)[C@H]1[C@@H]2SC3(CC2Br)C(C(=O)NC(C)(C)C)N([C@@H](CO)[C@@H](C)CC)C(=O)[C@H]13. The summed E-state index contributed by atoms with van der Waals surface area (Å²) >= 11 is 5.31. The molecule has 2 amide bonds. The average Bonchev–Trinajstić information content (AvgIpc) is 3.25. The van der Waals surface area contributed by atoms with E-state index in [1.807, 2.05) is 34.6 Å². The highest BCUT2D eigenvalue weighted by atomic mass is 79.9. The molecule has 9 heteroatoms. The van der Waals surface area contributed by atoms with Gasteiger partial charge in [0.1, 0.15) is 6.04 Å². The van der Waals surface area contributed by atoms with Crippen LogP contribution in [0.3, 0.4) is 0 Å². The lowest BCUT2D eigenvalue weighted by Gasteiger charge is -2.40. The van der Waals surface area contributed by atoms with Crippen molar-refractivity contribution in [2.45, 2.75) is 86.8 Å². The molecule has 0 radical (unpaired) electrons. The largest absolute Gasteiger partial charge is 0.466 e. The van der Waals surface area contributed by atoms with E-state index in [4.69, 9.17) is 4.74 Å². The molecule has 176 valence electrons. The van der Waals surface area contributed by atoms with Crippen molar-refractivity contribution < 1.29 is 24.2 Å². The monoisotopic (exact) mass is 518 g/mol. The van der Waals surface area contributed by atoms with Crippen LogP contribution in [0, 0.1) is 17.8 Å². The molecule has 3 heterocycles. The molecule has 1 spiro atoms. The molecule has 3 fully saturated rings. The number of ether oxygens (including phenoxy) is 1. The van der Waals surface area contributed by atoms with Crippen LogP contribution in [0.4, 0.5) is 0 Å². The van der Waals surface area contributed by atoms with Crippen LogP contribution in [-0.2, 0) is 19.1 Å². The van der Waals surface area contributed by atoms with E-state index in [2.05, 4.69) is 21.2 Å². The van der Waals surface area contributed by atoms with Gasteiger partial charge < -0.3 is 20.1 Å². The van der Waals surface area contributed by atoms with Crippen molar-refractivity contribution >= 4 is 45.5 Å². The lowest BCUT2D eigenvalue weighted by Crippen LogP contribution is -2.60. The van der Waals surface area contributed by atoms with Gasteiger partial charge in [-0.2, -0.15) is 0 Å². The number of nitrogens with zero attached hydrogens (tertiary/aromatic N) is 1.